The summed E-state index contributed by atoms with van der Waals surface area (Å²) in [5, 5.41) is 13.8. The summed E-state index contributed by atoms with van der Waals surface area (Å²) in [7, 11) is 1.68. The van der Waals surface area contributed by atoms with Gasteiger partial charge in [0.1, 0.15) is 12.1 Å². The Labute approximate surface area is 299 Å². The van der Waals surface area contributed by atoms with Crippen LogP contribution >= 0.6 is 0 Å². The van der Waals surface area contributed by atoms with Crippen molar-refractivity contribution >= 4 is 0 Å². The molecule has 0 fully saturated rings. The molecule has 0 aliphatic carbocycles. The van der Waals surface area contributed by atoms with Crippen LogP contribution in [0.15, 0.2) is 146 Å². The van der Waals surface area contributed by atoms with E-state index < -0.39 is 5.54 Å². The molecular formula is C44H41N5O2. The number of rotatable bonds is 13. The predicted molar refractivity (Wildman–Crippen MR) is 202 cm³/mol. The van der Waals surface area contributed by atoms with Crippen molar-refractivity contribution in [1.82, 2.24) is 25.2 Å². The van der Waals surface area contributed by atoms with Gasteiger partial charge >= 0.3 is 0 Å². The summed E-state index contributed by atoms with van der Waals surface area (Å²) >= 11 is 0. The molecule has 0 aliphatic heterocycles. The Hall–Kier alpha value is -6.08. The molecule has 0 spiro atoms. The summed E-state index contributed by atoms with van der Waals surface area (Å²) < 4.78 is 14.1. The summed E-state index contributed by atoms with van der Waals surface area (Å²) in [5.74, 6) is 2.10. The average molecular weight is 672 g/mol. The first-order valence-corrected chi connectivity index (χ1v) is 17.4. The standard InChI is InChI=1S/C44H41N5O2/c1-4-5-25-40-42(50-3)41(30-32(2)45-40)51-31-33-26-28-34(29-27-33)38-23-15-16-24-39(38)43-46-47-48-49(43)44(35-17-9-6-10-18-35,36-19-11-7-12-20-36)37-21-13-8-14-22-37/h6-24,26-30H,4-5,25,31H2,1-3H3. The molecule has 0 aliphatic rings. The second-order valence-electron chi connectivity index (χ2n) is 12.6. The summed E-state index contributed by atoms with van der Waals surface area (Å²) in [4.78, 5) is 4.72. The molecule has 254 valence electrons. The fourth-order valence-corrected chi connectivity index (χ4v) is 6.89. The number of unbranched alkanes of at least 4 members (excludes halogenated alkanes) is 1. The van der Waals surface area contributed by atoms with Crippen LogP contribution in [0.2, 0.25) is 0 Å². The van der Waals surface area contributed by atoms with Gasteiger partial charge in [-0.2, -0.15) is 0 Å². The van der Waals surface area contributed by atoms with Crippen LogP contribution in [0.3, 0.4) is 0 Å². The van der Waals surface area contributed by atoms with E-state index in [1.807, 2.05) is 41.9 Å². The van der Waals surface area contributed by atoms with E-state index in [0.29, 0.717) is 12.4 Å². The van der Waals surface area contributed by atoms with Crippen LogP contribution in [0, 0.1) is 6.92 Å². The van der Waals surface area contributed by atoms with Gasteiger partial charge in [0, 0.05) is 17.3 Å². The van der Waals surface area contributed by atoms with Gasteiger partial charge in [-0.15, -0.1) is 5.10 Å². The zero-order chi connectivity index (χ0) is 35.0. The number of methoxy groups -OCH3 is 1. The largest absolute Gasteiger partial charge is 0.491 e. The van der Waals surface area contributed by atoms with E-state index in [4.69, 9.17) is 24.8 Å². The second-order valence-corrected chi connectivity index (χ2v) is 12.6. The van der Waals surface area contributed by atoms with Crippen LogP contribution in [-0.4, -0.2) is 32.3 Å². The second kappa shape index (κ2) is 15.2. The third-order valence-electron chi connectivity index (χ3n) is 9.30. The Morgan fingerprint density at radius 2 is 1.25 bits per heavy atom. The highest BCUT2D eigenvalue weighted by atomic mass is 16.5. The fourth-order valence-electron chi connectivity index (χ4n) is 6.89. The Balaban J connectivity index is 1.27. The average Bonchev–Trinajstić information content (AvgIpc) is 3.68. The van der Waals surface area contributed by atoms with Gasteiger partial charge in [0.25, 0.3) is 0 Å². The van der Waals surface area contributed by atoms with E-state index in [0.717, 1.165) is 81.1 Å². The van der Waals surface area contributed by atoms with Crippen LogP contribution in [0.1, 0.15) is 53.4 Å². The van der Waals surface area contributed by atoms with Crippen molar-refractivity contribution in [2.75, 3.05) is 7.11 Å². The monoisotopic (exact) mass is 671 g/mol. The summed E-state index contributed by atoms with van der Waals surface area (Å²) in [5.41, 5.74) is 8.22. The first kappa shape index (κ1) is 33.4. The van der Waals surface area contributed by atoms with Gasteiger partial charge in [-0.3, -0.25) is 4.98 Å². The third-order valence-corrected chi connectivity index (χ3v) is 9.30. The first-order valence-electron chi connectivity index (χ1n) is 17.4. The molecule has 0 bridgehead atoms. The van der Waals surface area contributed by atoms with Gasteiger partial charge in [-0.05, 0) is 63.6 Å². The zero-order valence-corrected chi connectivity index (χ0v) is 29.2. The molecule has 7 aromatic rings. The Morgan fingerprint density at radius 1 is 0.686 bits per heavy atom. The fraction of sp³-hybridized carbons (Fsp3) is 0.182. The third kappa shape index (κ3) is 6.63. The van der Waals surface area contributed by atoms with Gasteiger partial charge in [0.05, 0.1) is 12.8 Å². The van der Waals surface area contributed by atoms with Crippen LogP contribution in [0.4, 0.5) is 0 Å². The Morgan fingerprint density at radius 3 is 1.82 bits per heavy atom. The van der Waals surface area contributed by atoms with Gasteiger partial charge in [-0.25, -0.2) is 4.68 Å². The number of hydrogen-bond acceptors (Lipinski definition) is 6. The predicted octanol–water partition coefficient (Wildman–Crippen LogP) is 9.48. The van der Waals surface area contributed by atoms with Crippen molar-refractivity contribution < 1.29 is 9.47 Å². The molecule has 0 radical (unpaired) electrons. The highest BCUT2D eigenvalue weighted by Gasteiger charge is 2.42. The zero-order valence-electron chi connectivity index (χ0n) is 29.2. The molecule has 0 saturated heterocycles. The number of benzene rings is 5. The maximum atomic E-state index is 6.33. The lowest BCUT2D eigenvalue weighted by Crippen LogP contribution is -2.39. The SMILES string of the molecule is CCCCc1nc(C)cc(OCc2ccc(-c3ccccc3-c3nnnn3C(c3ccccc3)(c3ccccc3)c3ccccc3)cc2)c1OC. The van der Waals surface area contributed by atoms with Gasteiger partial charge < -0.3 is 9.47 Å². The number of pyridine rings is 1. The van der Waals surface area contributed by atoms with E-state index in [1.165, 1.54) is 0 Å². The van der Waals surface area contributed by atoms with Crippen molar-refractivity contribution in [3.05, 3.63) is 179 Å². The highest BCUT2D eigenvalue weighted by Crippen LogP contribution is 2.43. The number of ether oxygens (including phenoxy) is 2. The highest BCUT2D eigenvalue weighted by molar-refractivity contribution is 5.81. The van der Waals surface area contributed by atoms with Crippen LogP contribution in [-0.2, 0) is 18.6 Å². The molecule has 0 amide bonds. The van der Waals surface area contributed by atoms with Crippen LogP contribution < -0.4 is 9.47 Å². The van der Waals surface area contributed by atoms with Crippen molar-refractivity contribution in [1.29, 1.82) is 0 Å². The Bertz CT molecular complexity index is 2090. The van der Waals surface area contributed by atoms with Gasteiger partial charge in [0.2, 0.25) is 0 Å². The van der Waals surface area contributed by atoms with E-state index in [9.17, 15) is 0 Å². The topological polar surface area (TPSA) is 75.0 Å². The quantitative estimate of drug-likeness (QED) is 0.114. The van der Waals surface area contributed by atoms with E-state index in [2.05, 4.69) is 127 Å². The molecule has 2 heterocycles. The maximum Gasteiger partial charge on any atom is 0.184 e. The summed E-state index contributed by atoms with van der Waals surface area (Å²) in [6, 6.07) is 50.1. The lowest BCUT2D eigenvalue weighted by molar-refractivity contribution is 0.281. The van der Waals surface area contributed by atoms with Crippen molar-refractivity contribution in [2.45, 2.75) is 45.3 Å². The first-order chi connectivity index (χ1) is 25.1. The molecule has 7 rings (SSSR count). The molecular weight excluding hydrogens is 631 g/mol. The Kier molecular flexibility index (Phi) is 9.97. The van der Waals surface area contributed by atoms with Crippen LogP contribution in [0.5, 0.6) is 11.5 Å². The van der Waals surface area contributed by atoms with E-state index >= 15 is 0 Å². The minimum absolute atomic E-state index is 0.404. The molecule has 7 heteroatoms. The molecule has 0 saturated carbocycles. The van der Waals surface area contributed by atoms with Gasteiger partial charge in [-0.1, -0.05) is 153 Å². The smallest absolute Gasteiger partial charge is 0.184 e. The normalized spacial score (nSPS) is 11.4. The van der Waals surface area contributed by atoms with Crippen molar-refractivity contribution in [3.63, 3.8) is 0 Å². The maximum absolute atomic E-state index is 6.33. The van der Waals surface area contributed by atoms with Crippen molar-refractivity contribution in [2.24, 2.45) is 0 Å². The molecule has 0 N–H and O–H groups in total. The number of aryl methyl sites for hydroxylation is 2. The number of aromatic nitrogens is 5. The molecule has 7 nitrogen and oxygen atoms in total. The number of hydrogen-bond donors (Lipinski definition) is 0. The van der Waals surface area contributed by atoms with Crippen molar-refractivity contribution in [3.8, 4) is 34.0 Å². The molecule has 5 aromatic carbocycles. The molecule has 0 atom stereocenters. The number of nitrogens with zero attached hydrogens (tertiary/aromatic N) is 5. The molecule has 0 unspecified atom stereocenters. The van der Waals surface area contributed by atoms with E-state index in [-0.39, 0.29) is 0 Å². The van der Waals surface area contributed by atoms with E-state index in [1.54, 1.807) is 7.11 Å². The van der Waals surface area contributed by atoms with Crippen LogP contribution in [0.25, 0.3) is 22.5 Å². The summed E-state index contributed by atoms with van der Waals surface area (Å²) in [6.45, 7) is 4.58. The van der Waals surface area contributed by atoms with Gasteiger partial charge in [0.15, 0.2) is 17.3 Å². The molecule has 2 aromatic heterocycles. The summed E-state index contributed by atoms with van der Waals surface area (Å²) in [6.07, 6.45) is 3.00. The lowest BCUT2D eigenvalue weighted by Gasteiger charge is -2.36. The minimum Gasteiger partial charge on any atom is -0.491 e. The minimum atomic E-state index is -0.848. The number of tetrazole rings is 1. The lowest BCUT2D eigenvalue weighted by atomic mass is 9.77. The molecule has 51 heavy (non-hydrogen) atoms.